The van der Waals surface area contributed by atoms with Crippen LogP contribution in [-0.2, 0) is 10.3 Å². The van der Waals surface area contributed by atoms with Crippen molar-refractivity contribution in [3.8, 4) is 0 Å². The first kappa shape index (κ1) is 19.3. The number of benzene rings is 1. The molecular formula is C22H24ClN3O4. The van der Waals surface area contributed by atoms with Crippen LogP contribution in [0.2, 0.25) is 5.02 Å². The fourth-order valence-electron chi connectivity index (χ4n) is 5.31. The van der Waals surface area contributed by atoms with Gasteiger partial charge < -0.3 is 25.1 Å². The lowest BCUT2D eigenvalue weighted by molar-refractivity contribution is -0.141. The van der Waals surface area contributed by atoms with E-state index in [1.54, 1.807) is 12.1 Å². The number of halogens is 1. The third kappa shape index (κ3) is 2.87. The van der Waals surface area contributed by atoms with E-state index in [-0.39, 0.29) is 17.2 Å². The van der Waals surface area contributed by atoms with Crippen LogP contribution < -0.4 is 10.6 Å². The topological polar surface area (TPSA) is 94.8 Å². The van der Waals surface area contributed by atoms with Crippen molar-refractivity contribution in [3.63, 3.8) is 0 Å². The number of rotatable bonds is 2. The fraction of sp³-hybridized carbons (Fsp3) is 0.455. The van der Waals surface area contributed by atoms with E-state index in [0.29, 0.717) is 35.8 Å². The molecule has 5 rings (SSSR count). The minimum absolute atomic E-state index is 0.151. The van der Waals surface area contributed by atoms with E-state index in [1.165, 1.54) is 11.3 Å². The Morgan fingerprint density at radius 2 is 2.00 bits per heavy atom. The van der Waals surface area contributed by atoms with E-state index >= 15 is 0 Å². The molecule has 7 nitrogen and oxygen atoms in total. The molecule has 0 bridgehead atoms. The van der Waals surface area contributed by atoms with Gasteiger partial charge >= 0.3 is 5.97 Å². The van der Waals surface area contributed by atoms with Crippen LogP contribution in [0.15, 0.2) is 28.9 Å². The quantitative estimate of drug-likeness (QED) is 0.654. The number of carboxylic acids is 1. The van der Waals surface area contributed by atoms with Crippen LogP contribution in [-0.4, -0.2) is 34.5 Å². The molecule has 8 heteroatoms. The van der Waals surface area contributed by atoms with Gasteiger partial charge in [-0.1, -0.05) is 37.4 Å². The Hall–Kier alpha value is -2.67. The molecule has 1 saturated heterocycles. The van der Waals surface area contributed by atoms with Crippen molar-refractivity contribution in [1.29, 1.82) is 0 Å². The van der Waals surface area contributed by atoms with Gasteiger partial charge in [0, 0.05) is 17.5 Å². The summed E-state index contributed by atoms with van der Waals surface area (Å²) in [4.78, 5) is 26.0. The monoisotopic (exact) mass is 429 g/mol. The number of carbonyl (C=O) groups excluding carboxylic acids is 1. The summed E-state index contributed by atoms with van der Waals surface area (Å²) in [7, 11) is 0. The molecule has 0 radical (unpaired) electrons. The number of hydrogen-bond donors (Lipinski definition) is 3. The highest BCUT2D eigenvalue weighted by Gasteiger charge is 2.43. The Morgan fingerprint density at radius 3 is 2.73 bits per heavy atom. The molecule has 1 aliphatic carbocycles. The molecule has 1 aromatic carbocycles. The van der Waals surface area contributed by atoms with Crippen LogP contribution in [0.4, 0.5) is 5.69 Å². The zero-order valence-electron chi connectivity index (χ0n) is 16.6. The number of anilines is 1. The van der Waals surface area contributed by atoms with Gasteiger partial charge in [-0.3, -0.25) is 4.79 Å². The summed E-state index contributed by atoms with van der Waals surface area (Å²) in [6.07, 6.45) is 6.31. The summed E-state index contributed by atoms with van der Waals surface area (Å²) in [5.74, 6) is -0.516. The lowest BCUT2D eigenvalue weighted by Gasteiger charge is -2.44. The van der Waals surface area contributed by atoms with Gasteiger partial charge in [-0.2, -0.15) is 0 Å². The van der Waals surface area contributed by atoms with E-state index in [0.717, 1.165) is 42.3 Å². The maximum atomic E-state index is 13.1. The molecule has 1 aromatic heterocycles. The minimum atomic E-state index is -0.981. The summed E-state index contributed by atoms with van der Waals surface area (Å²) in [5.41, 5.74) is 1.99. The average Bonchev–Trinajstić information content (AvgIpc) is 3.35. The molecule has 1 saturated carbocycles. The number of furan rings is 1. The van der Waals surface area contributed by atoms with Crippen LogP contribution in [0.25, 0.3) is 11.0 Å². The second kappa shape index (κ2) is 6.94. The van der Waals surface area contributed by atoms with Crippen molar-refractivity contribution in [3.05, 3.63) is 40.9 Å². The van der Waals surface area contributed by atoms with Crippen LogP contribution in [0, 0.1) is 0 Å². The van der Waals surface area contributed by atoms with E-state index < -0.39 is 12.0 Å². The Kier molecular flexibility index (Phi) is 4.47. The molecular weight excluding hydrogens is 406 g/mol. The SMILES string of the molecule is C=C1Nc2c(Cl)cc3cc(C(=O)N4CCC[C@@H]4C(=O)O)oc3c2C2(CCCCC2)N1. The zero-order valence-corrected chi connectivity index (χ0v) is 17.3. The number of carboxylic acid groups (broad SMARTS) is 1. The number of nitrogens with zero attached hydrogens (tertiary/aromatic N) is 1. The van der Waals surface area contributed by atoms with E-state index in [4.69, 9.17) is 16.0 Å². The smallest absolute Gasteiger partial charge is 0.326 e. The number of fused-ring (bicyclic) bond motifs is 4. The van der Waals surface area contributed by atoms with Crippen molar-refractivity contribution in [2.45, 2.75) is 56.5 Å². The molecule has 2 aromatic rings. The molecule has 2 aliphatic heterocycles. The van der Waals surface area contributed by atoms with Crippen molar-refractivity contribution >= 4 is 40.1 Å². The normalized spacial score (nSPS) is 22.6. The van der Waals surface area contributed by atoms with E-state index in [9.17, 15) is 14.7 Å². The summed E-state index contributed by atoms with van der Waals surface area (Å²) < 4.78 is 6.13. The number of carbonyl (C=O) groups is 2. The molecule has 3 aliphatic rings. The third-order valence-corrected chi connectivity index (χ3v) is 6.92. The number of amides is 1. The molecule has 0 unspecified atom stereocenters. The van der Waals surface area contributed by atoms with Crippen molar-refractivity contribution < 1.29 is 19.1 Å². The maximum absolute atomic E-state index is 13.1. The third-order valence-electron chi connectivity index (χ3n) is 6.62. The predicted molar refractivity (Wildman–Crippen MR) is 114 cm³/mol. The Morgan fingerprint density at radius 1 is 1.23 bits per heavy atom. The molecule has 3 heterocycles. The summed E-state index contributed by atoms with van der Waals surface area (Å²) >= 11 is 6.62. The minimum Gasteiger partial charge on any atom is -0.480 e. The average molecular weight is 430 g/mol. The zero-order chi connectivity index (χ0) is 21.0. The number of aliphatic carboxylic acids is 1. The van der Waals surface area contributed by atoms with Crippen LogP contribution in [0.3, 0.4) is 0 Å². The largest absolute Gasteiger partial charge is 0.480 e. The highest BCUT2D eigenvalue weighted by molar-refractivity contribution is 6.34. The first-order chi connectivity index (χ1) is 14.4. The Bertz CT molecular complexity index is 1070. The summed E-state index contributed by atoms with van der Waals surface area (Å²) in [6, 6.07) is 2.66. The highest BCUT2D eigenvalue weighted by atomic mass is 35.5. The van der Waals surface area contributed by atoms with E-state index in [2.05, 4.69) is 17.2 Å². The summed E-state index contributed by atoms with van der Waals surface area (Å²) in [6.45, 7) is 4.48. The second-order valence-corrected chi connectivity index (χ2v) is 8.91. The molecule has 1 atom stereocenters. The number of nitrogens with one attached hydrogen (secondary N) is 2. The number of likely N-dealkylation sites (tertiary alicyclic amines) is 1. The van der Waals surface area contributed by atoms with Gasteiger partial charge in [0.15, 0.2) is 5.76 Å². The van der Waals surface area contributed by atoms with Gasteiger partial charge in [0.1, 0.15) is 11.6 Å². The van der Waals surface area contributed by atoms with Crippen LogP contribution in [0.1, 0.15) is 61.1 Å². The van der Waals surface area contributed by atoms with Crippen molar-refractivity contribution in [2.75, 3.05) is 11.9 Å². The molecule has 2 fully saturated rings. The highest BCUT2D eigenvalue weighted by Crippen LogP contribution is 2.49. The van der Waals surface area contributed by atoms with Crippen molar-refractivity contribution in [2.24, 2.45) is 0 Å². The van der Waals surface area contributed by atoms with Crippen LogP contribution in [0.5, 0.6) is 0 Å². The Labute approximate surface area is 179 Å². The molecule has 30 heavy (non-hydrogen) atoms. The van der Waals surface area contributed by atoms with Gasteiger partial charge in [0.2, 0.25) is 0 Å². The second-order valence-electron chi connectivity index (χ2n) is 8.50. The van der Waals surface area contributed by atoms with Gasteiger partial charge in [-0.15, -0.1) is 0 Å². The first-order valence-corrected chi connectivity index (χ1v) is 10.8. The van der Waals surface area contributed by atoms with Gasteiger partial charge in [0.05, 0.1) is 22.1 Å². The van der Waals surface area contributed by atoms with Gasteiger partial charge in [-0.05, 0) is 37.8 Å². The van der Waals surface area contributed by atoms with E-state index in [1.807, 2.05) is 0 Å². The fourth-order valence-corrected chi connectivity index (χ4v) is 5.56. The summed E-state index contributed by atoms with van der Waals surface area (Å²) in [5, 5.41) is 17.5. The first-order valence-electron chi connectivity index (χ1n) is 10.4. The molecule has 158 valence electrons. The standard InChI is InChI=1S/C22H24ClN3O4/c1-12-24-18-14(23)10-13-11-16(20(27)26-9-5-6-15(26)21(28)29)30-19(13)17(18)22(25-12)7-3-2-4-8-22/h10-11,15,24-25H,1-9H2,(H,28,29)/t15-/m1/s1. The number of hydrogen-bond acceptors (Lipinski definition) is 5. The lowest BCUT2D eigenvalue weighted by Crippen LogP contribution is -2.48. The Balaban J connectivity index is 1.64. The van der Waals surface area contributed by atoms with Gasteiger partial charge in [-0.25, -0.2) is 4.79 Å². The molecule has 3 N–H and O–H groups in total. The predicted octanol–water partition coefficient (Wildman–Crippen LogP) is 4.42. The molecule has 1 spiro atoms. The van der Waals surface area contributed by atoms with Gasteiger partial charge in [0.25, 0.3) is 5.91 Å². The lowest BCUT2D eigenvalue weighted by atomic mass is 9.74. The van der Waals surface area contributed by atoms with Crippen LogP contribution >= 0.6 is 11.6 Å². The maximum Gasteiger partial charge on any atom is 0.326 e. The van der Waals surface area contributed by atoms with Crippen molar-refractivity contribution in [1.82, 2.24) is 10.2 Å². The molecule has 1 amide bonds.